The van der Waals surface area contributed by atoms with Crippen LogP contribution in [0.2, 0.25) is 0 Å². The van der Waals surface area contributed by atoms with Gasteiger partial charge in [-0.25, -0.2) is 0 Å². The molecule has 1 aromatic carbocycles. The van der Waals surface area contributed by atoms with Gasteiger partial charge in [0.1, 0.15) is 0 Å². The predicted octanol–water partition coefficient (Wildman–Crippen LogP) is 2.71. The van der Waals surface area contributed by atoms with Crippen molar-refractivity contribution in [2.24, 2.45) is 0 Å². The fraction of sp³-hybridized carbons (Fsp3) is 0.625. The number of nitrogens with zero attached hydrogens (tertiary/aromatic N) is 1. The van der Waals surface area contributed by atoms with Crippen LogP contribution in [0.1, 0.15) is 36.8 Å². The van der Waals surface area contributed by atoms with Gasteiger partial charge in [-0.1, -0.05) is 29.8 Å². The second kappa shape index (κ2) is 5.41. The first-order valence-electron chi connectivity index (χ1n) is 7.33. The van der Waals surface area contributed by atoms with Crippen LogP contribution < -0.4 is 5.32 Å². The van der Waals surface area contributed by atoms with E-state index in [-0.39, 0.29) is 0 Å². The number of hydrogen-bond acceptors (Lipinski definition) is 2. The van der Waals surface area contributed by atoms with E-state index in [0.717, 1.165) is 18.6 Å². The Morgan fingerprint density at radius 1 is 1.22 bits per heavy atom. The molecule has 2 heteroatoms. The smallest absolute Gasteiger partial charge is 0.0234 e. The van der Waals surface area contributed by atoms with Crippen molar-refractivity contribution in [3.8, 4) is 0 Å². The number of piperidine rings is 1. The number of nitrogens with one attached hydrogen (secondary N) is 1. The highest BCUT2D eigenvalue weighted by molar-refractivity contribution is 5.22. The van der Waals surface area contributed by atoms with Crippen LogP contribution in [0.3, 0.4) is 0 Å². The molecule has 1 aliphatic carbocycles. The molecule has 1 aromatic rings. The molecule has 1 aliphatic heterocycles. The Labute approximate surface area is 110 Å². The minimum absolute atomic E-state index is 0.732. The van der Waals surface area contributed by atoms with Crippen molar-refractivity contribution < 1.29 is 0 Å². The predicted molar refractivity (Wildman–Crippen MR) is 75.6 cm³/mol. The van der Waals surface area contributed by atoms with Gasteiger partial charge in [-0.15, -0.1) is 0 Å². The Morgan fingerprint density at radius 3 is 2.89 bits per heavy atom. The van der Waals surface area contributed by atoms with E-state index in [9.17, 15) is 0 Å². The summed E-state index contributed by atoms with van der Waals surface area (Å²) >= 11 is 0. The van der Waals surface area contributed by atoms with Crippen LogP contribution in [-0.4, -0.2) is 30.1 Å². The summed E-state index contributed by atoms with van der Waals surface area (Å²) in [5, 5.41) is 3.78. The zero-order chi connectivity index (χ0) is 12.4. The average Bonchev–Trinajstić information content (AvgIpc) is 3.13. The van der Waals surface area contributed by atoms with Gasteiger partial charge in [-0.3, -0.25) is 4.90 Å². The van der Waals surface area contributed by atoms with Crippen molar-refractivity contribution in [1.29, 1.82) is 0 Å². The summed E-state index contributed by atoms with van der Waals surface area (Å²) in [5.74, 6) is 0. The molecule has 2 aliphatic rings. The second-order valence-corrected chi connectivity index (χ2v) is 6.00. The lowest BCUT2D eigenvalue weighted by Crippen LogP contribution is -2.46. The lowest BCUT2D eigenvalue weighted by atomic mass is 10.0. The summed E-state index contributed by atoms with van der Waals surface area (Å²) in [6, 6.07) is 10.5. The monoisotopic (exact) mass is 244 g/mol. The number of aryl methyl sites for hydroxylation is 1. The molecule has 1 saturated carbocycles. The summed E-state index contributed by atoms with van der Waals surface area (Å²) in [5.41, 5.74) is 2.83. The zero-order valence-corrected chi connectivity index (χ0v) is 11.4. The van der Waals surface area contributed by atoms with Crippen LogP contribution in [0.5, 0.6) is 0 Å². The van der Waals surface area contributed by atoms with Crippen molar-refractivity contribution in [3.63, 3.8) is 0 Å². The number of rotatable bonds is 4. The first kappa shape index (κ1) is 12.2. The maximum absolute atomic E-state index is 3.78. The highest BCUT2D eigenvalue weighted by atomic mass is 15.2. The highest BCUT2D eigenvalue weighted by Crippen LogP contribution is 2.22. The molecule has 0 radical (unpaired) electrons. The van der Waals surface area contributed by atoms with E-state index >= 15 is 0 Å². The molecule has 1 atom stereocenters. The zero-order valence-electron chi connectivity index (χ0n) is 11.4. The third kappa shape index (κ3) is 3.33. The topological polar surface area (TPSA) is 15.3 Å². The second-order valence-electron chi connectivity index (χ2n) is 6.00. The summed E-state index contributed by atoms with van der Waals surface area (Å²) in [6.07, 6.45) is 5.50. The van der Waals surface area contributed by atoms with E-state index in [2.05, 4.69) is 41.4 Å². The van der Waals surface area contributed by atoms with Crippen molar-refractivity contribution in [2.45, 2.75) is 51.2 Å². The standard InChI is InChI=1S/C16H24N2/c1-13-4-2-5-14(10-13)11-18-9-3-6-16(12-18)17-15-7-8-15/h2,4-5,10,15-17H,3,6-9,11-12H2,1H3. The van der Waals surface area contributed by atoms with Gasteiger partial charge in [-0.2, -0.15) is 0 Å². The van der Waals surface area contributed by atoms with E-state index in [0.29, 0.717) is 0 Å². The number of likely N-dealkylation sites (tertiary alicyclic amines) is 1. The molecule has 1 unspecified atom stereocenters. The van der Waals surface area contributed by atoms with Crippen LogP contribution >= 0.6 is 0 Å². The molecular formula is C16H24N2. The quantitative estimate of drug-likeness (QED) is 0.876. The van der Waals surface area contributed by atoms with Crippen LogP contribution in [0.4, 0.5) is 0 Å². The highest BCUT2D eigenvalue weighted by Gasteiger charge is 2.27. The maximum Gasteiger partial charge on any atom is 0.0234 e. The minimum Gasteiger partial charge on any atom is -0.310 e. The van der Waals surface area contributed by atoms with Gasteiger partial charge in [0.15, 0.2) is 0 Å². The van der Waals surface area contributed by atoms with Gasteiger partial charge < -0.3 is 5.32 Å². The van der Waals surface area contributed by atoms with E-state index < -0.39 is 0 Å². The molecule has 0 spiro atoms. The summed E-state index contributed by atoms with van der Waals surface area (Å²) in [7, 11) is 0. The van der Waals surface area contributed by atoms with Crippen molar-refractivity contribution in [2.75, 3.05) is 13.1 Å². The Morgan fingerprint density at radius 2 is 2.11 bits per heavy atom. The fourth-order valence-corrected chi connectivity index (χ4v) is 2.99. The van der Waals surface area contributed by atoms with Gasteiger partial charge in [-0.05, 0) is 44.7 Å². The van der Waals surface area contributed by atoms with Crippen molar-refractivity contribution in [1.82, 2.24) is 10.2 Å². The Balaban J connectivity index is 1.55. The normalized spacial score (nSPS) is 25.3. The first-order chi connectivity index (χ1) is 8.79. The van der Waals surface area contributed by atoms with Gasteiger partial charge in [0.25, 0.3) is 0 Å². The van der Waals surface area contributed by atoms with Gasteiger partial charge in [0, 0.05) is 25.2 Å². The van der Waals surface area contributed by atoms with E-state index in [1.165, 1.54) is 49.9 Å². The van der Waals surface area contributed by atoms with Crippen LogP contribution in [0.25, 0.3) is 0 Å². The molecule has 0 amide bonds. The minimum atomic E-state index is 0.732. The molecule has 1 N–H and O–H groups in total. The molecule has 2 nitrogen and oxygen atoms in total. The summed E-state index contributed by atoms with van der Waals surface area (Å²) < 4.78 is 0. The van der Waals surface area contributed by atoms with E-state index in [1.807, 2.05) is 0 Å². The van der Waals surface area contributed by atoms with Gasteiger partial charge in [0.2, 0.25) is 0 Å². The third-order valence-corrected chi connectivity index (χ3v) is 4.04. The van der Waals surface area contributed by atoms with Crippen LogP contribution in [0.15, 0.2) is 24.3 Å². The first-order valence-corrected chi connectivity index (χ1v) is 7.33. The molecule has 1 saturated heterocycles. The molecule has 3 rings (SSSR count). The Kier molecular flexibility index (Phi) is 3.67. The van der Waals surface area contributed by atoms with Crippen LogP contribution in [0, 0.1) is 6.92 Å². The molecule has 0 aromatic heterocycles. The maximum atomic E-state index is 3.78. The Bertz CT molecular complexity index is 398. The average molecular weight is 244 g/mol. The van der Waals surface area contributed by atoms with Gasteiger partial charge >= 0.3 is 0 Å². The molecule has 0 bridgehead atoms. The number of hydrogen-bond donors (Lipinski definition) is 1. The number of benzene rings is 1. The lowest BCUT2D eigenvalue weighted by Gasteiger charge is -2.33. The molecule has 1 heterocycles. The lowest BCUT2D eigenvalue weighted by molar-refractivity contribution is 0.182. The SMILES string of the molecule is Cc1cccc(CN2CCCC(NC3CC3)C2)c1. The summed E-state index contributed by atoms with van der Waals surface area (Å²) in [4.78, 5) is 2.61. The Hall–Kier alpha value is -0.860. The van der Waals surface area contributed by atoms with E-state index in [1.54, 1.807) is 0 Å². The largest absolute Gasteiger partial charge is 0.310 e. The molecule has 2 fully saturated rings. The molecule has 98 valence electrons. The third-order valence-electron chi connectivity index (χ3n) is 4.04. The van der Waals surface area contributed by atoms with Gasteiger partial charge in [0.05, 0.1) is 0 Å². The fourth-order valence-electron chi connectivity index (χ4n) is 2.99. The van der Waals surface area contributed by atoms with Crippen molar-refractivity contribution in [3.05, 3.63) is 35.4 Å². The molecular weight excluding hydrogens is 220 g/mol. The summed E-state index contributed by atoms with van der Waals surface area (Å²) in [6.45, 7) is 5.78. The van der Waals surface area contributed by atoms with Crippen LogP contribution in [-0.2, 0) is 6.54 Å². The van der Waals surface area contributed by atoms with Crippen molar-refractivity contribution >= 4 is 0 Å². The van der Waals surface area contributed by atoms with E-state index in [4.69, 9.17) is 0 Å². The molecule has 18 heavy (non-hydrogen) atoms.